The van der Waals surface area contributed by atoms with Crippen LogP contribution in [0.3, 0.4) is 0 Å². The summed E-state index contributed by atoms with van der Waals surface area (Å²) in [5, 5.41) is 3.43. The lowest BCUT2D eigenvalue weighted by Crippen LogP contribution is -2.45. The highest BCUT2D eigenvalue weighted by molar-refractivity contribution is 5.80. The van der Waals surface area contributed by atoms with Gasteiger partial charge in [-0.3, -0.25) is 0 Å². The van der Waals surface area contributed by atoms with E-state index in [2.05, 4.69) is 48.3 Å². The van der Waals surface area contributed by atoms with Crippen molar-refractivity contribution < 1.29 is 4.74 Å². The topological polar surface area (TPSA) is 36.9 Å². The first-order valence-corrected chi connectivity index (χ1v) is 8.33. The number of ether oxygens (including phenoxy) is 1. The molecule has 22 heavy (non-hydrogen) atoms. The van der Waals surface area contributed by atoms with E-state index in [1.807, 2.05) is 0 Å². The third-order valence-electron chi connectivity index (χ3n) is 4.24. The highest BCUT2D eigenvalue weighted by Gasteiger charge is 2.18. The summed E-state index contributed by atoms with van der Waals surface area (Å²) in [4.78, 5) is 7.24. The maximum Gasteiger partial charge on any atom is 0.194 e. The quantitative estimate of drug-likeness (QED) is 0.671. The molecule has 0 spiro atoms. The van der Waals surface area contributed by atoms with Crippen LogP contribution >= 0.6 is 0 Å². The zero-order chi connectivity index (χ0) is 15.8. The summed E-state index contributed by atoms with van der Waals surface area (Å²) in [6, 6.07) is 8.38. The monoisotopic (exact) mass is 303 g/mol. The van der Waals surface area contributed by atoms with E-state index in [4.69, 9.17) is 9.73 Å². The van der Waals surface area contributed by atoms with Crippen LogP contribution < -0.4 is 5.32 Å². The van der Waals surface area contributed by atoms with Gasteiger partial charge in [-0.15, -0.1) is 0 Å². The van der Waals surface area contributed by atoms with Gasteiger partial charge in [-0.05, 0) is 36.8 Å². The van der Waals surface area contributed by atoms with Gasteiger partial charge in [0.25, 0.3) is 0 Å². The van der Waals surface area contributed by atoms with E-state index in [-0.39, 0.29) is 0 Å². The first-order chi connectivity index (χ1) is 10.7. The van der Waals surface area contributed by atoms with E-state index in [1.54, 1.807) is 7.11 Å². The molecule has 1 aliphatic rings. The summed E-state index contributed by atoms with van der Waals surface area (Å²) in [6.45, 7) is 8.92. The summed E-state index contributed by atoms with van der Waals surface area (Å²) in [7, 11) is 1.74. The fraction of sp³-hybridized carbons (Fsp3) is 0.611. The zero-order valence-electron chi connectivity index (χ0n) is 14.1. The van der Waals surface area contributed by atoms with Crippen LogP contribution in [0.2, 0.25) is 0 Å². The standard InChI is InChI=1S/C18H29N3O/c1-4-19-18(21-11-9-15(2)10-12-21)20-13-16-7-5-6-8-17(16)14-22-3/h5-8,15H,4,9-14H2,1-3H3,(H,19,20). The summed E-state index contributed by atoms with van der Waals surface area (Å²) < 4.78 is 5.28. The second-order valence-corrected chi connectivity index (χ2v) is 6.04. The van der Waals surface area contributed by atoms with Crippen LogP contribution in [0, 0.1) is 5.92 Å². The predicted octanol–water partition coefficient (Wildman–Crippen LogP) is 3.03. The smallest absolute Gasteiger partial charge is 0.194 e. The fourth-order valence-electron chi connectivity index (χ4n) is 2.81. The minimum atomic E-state index is 0.642. The molecular weight excluding hydrogens is 274 g/mol. The lowest BCUT2D eigenvalue weighted by atomic mass is 9.99. The minimum Gasteiger partial charge on any atom is -0.380 e. The number of piperidine rings is 1. The van der Waals surface area contributed by atoms with Crippen LogP contribution in [0.4, 0.5) is 0 Å². The van der Waals surface area contributed by atoms with Crippen molar-refractivity contribution in [2.75, 3.05) is 26.7 Å². The molecule has 122 valence electrons. The van der Waals surface area contributed by atoms with Gasteiger partial charge in [0.15, 0.2) is 5.96 Å². The molecule has 4 heteroatoms. The number of hydrogen-bond donors (Lipinski definition) is 1. The molecule has 2 rings (SSSR count). The first kappa shape index (κ1) is 16.8. The SMILES string of the molecule is CCNC(=NCc1ccccc1COC)N1CCC(C)CC1. The number of guanidine groups is 1. The molecule has 1 N–H and O–H groups in total. The maximum absolute atomic E-state index is 5.28. The van der Waals surface area contributed by atoms with E-state index in [0.29, 0.717) is 13.2 Å². The van der Waals surface area contributed by atoms with E-state index in [1.165, 1.54) is 24.0 Å². The lowest BCUT2D eigenvalue weighted by molar-refractivity contribution is 0.184. The second kappa shape index (κ2) is 8.79. The van der Waals surface area contributed by atoms with Crippen molar-refractivity contribution in [3.8, 4) is 0 Å². The highest BCUT2D eigenvalue weighted by Crippen LogP contribution is 2.17. The van der Waals surface area contributed by atoms with Crippen LogP contribution in [0.15, 0.2) is 29.3 Å². The highest BCUT2D eigenvalue weighted by atomic mass is 16.5. The number of methoxy groups -OCH3 is 1. The largest absolute Gasteiger partial charge is 0.380 e. The van der Waals surface area contributed by atoms with Crippen LogP contribution in [0.5, 0.6) is 0 Å². The summed E-state index contributed by atoms with van der Waals surface area (Å²) in [5.41, 5.74) is 2.46. The lowest BCUT2D eigenvalue weighted by Gasteiger charge is -2.33. The van der Waals surface area contributed by atoms with Gasteiger partial charge in [-0.25, -0.2) is 4.99 Å². The Hall–Kier alpha value is -1.55. The third-order valence-corrected chi connectivity index (χ3v) is 4.24. The van der Waals surface area contributed by atoms with E-state index in [9.17, 15) is 0 Å². The van der Waals surface area contributed by atoms with Gasteiger partial charge in [0, 0.05) is 26.7 Å². The van der Waals surface area contributed by atoms with Crippen molar-refractivity contribution in [3.63, 3.8) is 0 Å². The number of benzene rings is 1. The Kier molecular flexibility index (Phi) is 6.72. The minimum absolute atomic E-state index is 0.642. The van der Waals surface area contributed by atoms with E-state index in [0.717, 1.165) is 31.5 Å². The number of nitrogens with zero attached hydrogens (tertiary/aromatic N) is 2. The molecule has 0 saturated carbocycles. The van der Waals surface area contributed by atoms with Crippen LogP contribution in [-0.4, -0.2) is 37.6 Å². The molecule has 1 saturated heterocycles. The van der Waals surface area contributed by atoms with E-state index >= 15 is 0 Å². The normalized spacial score (nSPS) is 16.9. The Morgan fingerprint density at radius 3 is 2.59 bits per heavy atom. The van der Waals surface area contributed by atoms with Crippen LogP contribution in [0.1, 0.15) is 37.8 Å². The molecule has 0 atom stereocenters. The molecule has 0 radical (unpaired) electrons. The molecular formula is C18H29N3O. The van der Waals surface area contributed by atoms with Gasteiger partial charge in [-0.2, -0.15) is 0 Å². The van der Waals surface area contributed by atoms with Crippen molar-refractivity contribution in [1.29, 1.82) is 0 Å². The molecule has 1 aliphatic heterocycles. The van der Waals surface area contributed by atoms with Gasteiger partial charge in [0.1, 0.15) is 0 Å². The fourth-order valence-corrected chi connectivity index (χ4v) is 2.81. The number of hydrogen-bond acceptors (Lipinski definition) is 2. The molecule has 0 aromatic heterocycles. The molecule has 0 unspecified atom stereocenters. The molecule has 1 aromatic rings. The van der Waals surface area contributed by atoms with E-state index < -0.39 is 0 Å². The Morgan fingerprint density at radius 2 is 1.95 bits per heavy atom. The Morgan fingerprint density at radius 1 is 1.27 bits per heavy atom. The Labute approximate surface area is 134 Å². The first-order valence-electron chi connectivity index (χ1n) is 8.33. The van der Waals surface area contributed by atoms with Crippen molar-refractivity contribution >= 4 is 5.96 Å². The van der Waals surface area contributed by atoms with Crippen molar-refractivity contribution in [2.24, 2.45) is 10.9 Å². The molecule has 1 heterocycles. The second-order valence-electron chi connectivity index (χ2n) is 6.04. The molecule has 1 aromatic carbocycles. The molecule has 0 bridgehead atoms. The van der Waals surface area contributed by atoms with Gasteiger partial charge in [0.2, 0.25) is 0 Å². The van der Waals surface area contributed by atoms with Crippen molar-refractivity contribution in [1.82, 2.24) is 10.2 Å². The number of likely N-dealkylation sites (tertiary alicyclic amines) is 1. The summed E-state index contributed by atoms with van der Waals surface area (Å²) in [6.07, 6.45) is 2.51. The van der Waals surface area contributed by atoms with Gasteiger partial charge in [0.05, 0.1) is 13.2 Å². The van der Waals surface area contributed by atoms with Crippen molar-refractivity contribution in [3.05, 3.63) is 35.4 Å². The Bertz CT molecular complexity index is 479. The average molecular weight is 303 g/mol. The van der Waals surface area contributed by atoms with Crippen LogP contribution in [-0.2, 0) is 17.9 Å². The average Bonchev–Trinajstić information content (AvgIpc) is 2.54. The summed E-state index contributed by atoms with van der Waals surface area (Å²) >= 11 is 0. The zero-order valence-corrected chi connectivity index (χ0v) is 14.1. The molecule has 0 aliphatic carbocycles. The maximum atomic E-state index is 5.28. The predicted molar refractivity (Wildman–Crippen MR) is 91.9 cm³/mol. The number of nitrogens with one attached hydrogen (secondary N) is 1. The van der Waals surface area contributed by atoms with Gasteiger partial charge < -0.3 is 15.0 Å². The van der Waals surface area contributed by atoms with Crippen molar-refractivity contribution in [2.45, 2.75) is 39.8 Å². The molecule has 0 amide bonds. The number of rotatable bonds is 5. The number of aliphatic imine (C=N–C) groups is 1. The molecule has 4 nitrogen and oxygen atoms in total. The van der Waals surface area contributed by atoms with Gasteiger partial charge >= 0.3 is 0 Å². The summed E-state index contributed by atoms with van der Waals surface area (Å²) in [5.74, 6) is 1.88. The van der Waals surface area contributed by atoms with Crippen LogP contribution in [0.25, 0.3) is 0 Å². The third kappa shape index (κ3) is 4.73. The Balaban J connectivity index is 2.07. The molecule has 1 fully saturated rings. The van der Waals surface area contributed by atoms with Gasteiger partial charge in [-0.1, -0.05) is 31.2 Å².